The molecule has 3 heterocycles. The van der Waals surface area contributed by atoms with Crippen LogP contribution in [-0.2, 0) is 9.47 Å². The Morgan fingerprint density at radius 1 is 1.05 bits per heavy atom. The van der Waals surface area contributed by atoms with Gasteiger partial charge in [0.25, 0.3) is 0 Å². The number of pyridine rings is 2. The molecule has 1 aromatic carbocycles. The minimum absolute atomic E-state index is 0.0254. The number of halogens is 3. The van der Waals surface area contributed by atoms with E-state index in [1.54, 1.807) is 25.7 Å². The molecule has 1 aliphatic heterocycles. The standard InChI is InChI=1S/C25H25F3N4O5/c1-4-36-24(34)17-13-32(20-7-6-15(26)10-18(20)27)22-16(21(17)33)11-19(28)23(29-22)31-9-8-30(12-14(31)3)25(35)37-5-2/h6-7,10-11,13-14H,4-5,8-9,12H2,1-3H3. The van der Waals surface area contributed by atoms with E-state index >= 15 is 4.39 Å². The molecule has 0 aliphatic carbocycles. The molecule has 9 nitrogen and oxygen atoms in total. The van der Waals surface area contributed by atoms with Gasteiger partial charge in [-0.1, -0.05) is 0 Å². The van der Waals surface area contributed by atoms with Gasteiger partial charge in [-0.05, 0) is 39.0 Å². The third kappa shape index (κ3) is 4.95. The van der Waals surface area contributed by atoms with Crippen molar-refractivity contribution in [2.24, 2.45) is 0 Å². The number of benzene rings is 1. The van der Waals surface area contributed by atoms with Crippen molar-refractivity contribution in [3.05, 3.63) is 63.7 Å². The summed E-state index contributed by atoms with van der Waals surface area (Å²) in [5.74, 6) is -3.75. The molecule has 0 radical (unpaired) electrons. The van der Waals surface area contributed by atoms with Gasteiger partial charge < -0.3 is 19.3 Å². The second-order valence-electron chi connectivity index (χ2n) is 8.41. The largest absolute Gasteiger partial charge is 0.462 e. The zero-order chi connectivity index (χ0) is 26.9. The van der Waals surface area contributed by atoms with E-state index in [2.05, 4.69) is 4.98 Å². The molecule has 2 aromatic heterocycles. The predicted molar refractivity (Wildman–Crippen MR) is 129 cm³/mol. The maximum Gasteiger partial charge on any atom is 0.409 e. The molecule has 1 saturated heterocycles. The molecule has 12 heteroatoms. The number of esters is 1. The Bertz CT molecular complexity index is 1430. The van der Waals surface area contributed by atoms with E-state index in [1.165, 1.54) is 4.90 Å². The topological polar surface area (TPSA) is 94.0 Å². The number of hydrogen-bond donors (Lipinski definition) is 0. The van der Waals surface area contributed by atoms with Gasteiger partial charge in [0.15, 0.2) is 17.3 Å². The van der Waals surface area contributed by atoms with E-state index in [1.807, 2.05) is 0 Å². The molecule has 37 heavy (non-hydrogen) atoms. The molecule has 1 unspecified atom stereocenters. The van der Waals surface area contributed by atoms with Crippen LogP contribution < -0.4 is 10.3 Å². The Kier molecular flexibility index (Phi) is 7.37. The SMILES string of the molecule is CCOC(=O)c1cn(-c2ccc(F)cc2F)c2nc(N3CCN(C(=O)OCC)CC3C)c(F)cc2c1=O. The van der Waals surface area contributed by atoms with Gasteiger partial charge in [-0.3, -0.25) is 9.36 Å². The number of carbonyl (C=O) groups is 2. The second kappa shape index (κ2) is 10.5. The summed E-state index contributed by atoms with van der Waals surface area (Å²) in [6.45, 7) is 5.90. The Hall–Kier alpha value is -4.09. The summed E-state index contributed by atoms with van der Waals surface area (Å²) >= 11 is 0. The third-order valence-electron chi connectivity index (χ3n) is 6.00. The van der Waals surface area contributed by atoms with E-state index in [0.29, 0.717) is 6.07 Å². The van der Waals surface area contributed by atoms with Gasteiger partial charge in [0.05, 0.1) is 24.3 Å². The quantitative estimate of drug-likeness (QED) is 0.476. The highest BCUT2D eigenvalue weighted by Crippen LogP contribution is 2.27. The average molecular weight is 518 g/mol. The molecule has 1 amide bonds. The van der Waals surface area contributed by atoms with E-state index in [0.717, 1.165) is 29.0 Å². The fourth-order valence-corrected chi connectivity index (χ4v) is 4.28. The van der Waals surface area contributed by atoms with Crippen LogP contribution in [0, 0.1) is 17.5 Å². The molecule has 0 spiro atoms. The molecular weight excluding hydrogens is 493 g/mol. The van der Waals surface area contributed by atoms with Crippen LogP contribution in [0.5, 0.6) is 0 Å². The number of ether oxygens (including phenoxy) is 2. The Balaban J connectivity index is 1.88. The Labute approximate surface area is 210 Å². The molecule has 1 aliphatic rings. The minimum Gasteiger partial charge on any atom is -0.462 e. The van der Waals surface area contributed by atoms with Crippen LogP contribution in [0.3, 0.4) is 0 Å². The highest BCUT2D eigenvalue weighted by atomic mass is 19.1. The lowest BCUT2D eigenvalue weighted by Gasteiger charge is -2.40. The first-order valence-electron chi connectivity index (χ1n) is 11.7. The lowest BCUT2D eigenvalue weighted by Crippen LogP contribution is -2.54. The maximum atomic E-state index is 15.4. The number of piperazine rings is 1. The van der Waals surface area contributed by atoms with Crippen molar-refractivity contribution in [3.8, 4) is 5.69 Å². The van der Waals surface area contributed by atoms with Crippen molar-refractivity contribution >= 4 is 28.9 Å². The van der Waals surface area contributed by atoms with Crippen molar-refractivity contribution in [2.45, 2.75) is 26.8 Å². The smallest absolute Gasteiger partial charge is 0.409 e. The number of hydrogen-bond acceptors (Lipinski definition) is 7. The van der Waals surface area contributed by atoms with Crippen LogP contribution in [0.25, 0.3) is 16.7 Å². The third-order valence-corrected chi connectivity index (χ3v) is 6.00. The summed E-state index contributed by atoms with van der Waals surface area (Å²) in [7, 11) is 0. The highest BCUT2D eigenvalue weighted by molar-refractivity contribution is 5.94. The van der Waals surface area contributed by atoms with Gasteiger partial charge in [-0.25, -0.2) is 27.7 Å². The first-order valence-corrected chi connectivity index (χ1v) is 11.7. The van der Waals surface area contributed by atoms with Crippen LogP contribution in [-0.4, -0.2) is 65.4 Å². The molecule has 0 bridgehead atoms. The summed E-state index contributed by atoms with van der Waals surface area (Å²) in [4.78, 5) is 45.2. The molecule has 196 valence electrons. The number of nitrogens with zero attached hydrogens (tertiary/aromatic N) is 4. The fourth-order valence-electron chi connectivity index (χ4n) is 4.28. The Morgan fingerprint density at radius 3 is 2.43 bits per heavy atom. The van der Waals surface area contributed by atoms with Crippen LogP contribution in [0.4, 0.5) is 23.8 Å². The normalized spacial score (nSPS) is 15.7. The first kappa shape index (κ1) is 26.0. The van der Waals surface area contributed by atoms with Gasteiger partial charge in [0, 0.05) is 37.9 Å². The number of amides is 1. The van der Waals surface area contributed by atoms with Gasteiger partial charge >= 0.3 is 12.1 Å². The molecular formula is C25H25F3N4O5. The molecule has 4 rings (SSSR count). The number of rotatable bonds is 5. The zero-order valence-corrected chi connectivity index (χ0v) is 20.5. The number of carbonyl (C=O) groups excluding carboxylic acids is 2. The molecule has 1 fully saturated rings. The minimum atomic E-state index is -0.983. The summed E-state index contributed by atoms with van der Waals surface area (Å²) in [6.07, 6.45) is 0.573. The summed E-state index contributed by atoms with van der Waals surface area (Å²) in [6, 6.07) is 3.33. The van der Waals surface area contributed by atoms with Crippen molar-refractivity contribution in [1.29, 1.82) is 0 Å². The van der Waals surface area contributed by atoms with Gasteiger partial charge in [0.2, 0.25) is 5.43 Å². The summed E-state index contributed by atoms with van der Waals surface area (Å²) < 4.78 is 54.9. The lowest BCUT2D eigenvalue weighted by atomic mass is 10.1. The summed E-state index contributed by atoms with van der Waals surface area (Å²) in [5, 5.41) is -0.284. The van der Waals surface area contributed by atoms with Crippen molar-refractivity contribution < 1.29 is 32.2 Å². The predicted octanol–water partition coefficient (Wildman–Crippen LogP) is 3.65. The molecule has 0 N–H and O–H groups in total. The number of anilines is 1. The average Bonchev–Trinajstić information content (AvgIpc) is 2.85. The second-order valence-corrected chi connectivity index (χ2v) is 8.41. The van der Waals surface area contributed by atoms with Gasteiger partial charge in [0.1, 0.15) is 17.2 Å². The monoisotopic (exact) mass is 518 g/mol. The van der Waals surface area contributed by atoms with Crippen molar-refractivity contribution in [2.75, 3.05) is 37.7 Å². The van der Waals surface area contributed by atoms with E-state index < -0.39 is 40.5 Å². The molecule has 3 aromatic rings. The Morgan fingerprint density at radius 2 is 1.78 bits per heavy atom. The van der Waals surface area contributed by atoms with E-state index in [-0.39, 0.29) is 61.4 Å². The molecule has 1 atom stereocenters. The van der Waals surface area contributed by atoms with Gasteiger partial charge in [-0.2, -0.15) is 0 Å². The van der Waals surface area contributed by atoms with Crippen LogP contribution in [0.2, 0.25) is 0 Å². The van der Waals surface area contributed by atoms with Crippen molar-refractivity contribution in [3.63, 3.8) is 0 Å². The number of aromatic nitrogens is 2. The lowest BCUT2D eigenvalue weighted by molar-refractivity contribution is 0.0524. The first-order chi connectivity index (χ1) is 17.7. The molecule has 0 saturated carbocycles. The van der Waals surface area contributed by atoms with Crippen LogP contribution >= 0.6 is 0 Å². The highest BCUT2D eigenvalue weighted by Gasteiger charge is 2.31. The number of fused-ring (bicyclic) bond motifs is 1. The summed E-state index contributed by atoms with van der Waals surface area (Å²) in [5.41, 5.74) is -1.64. The van der Waals surface area contributed by atoms with Crippen LogP contribution in [0.15, 0.2) is 35.3 Å². The maximum absolute atomic E-state index is 15.4. The zero-order valence-electron chi connectivity index (χ0n) is 20.5. The fraction of sp³-hybridized carbons (Fsp3) is 0.360. The van der Waals surface area contributed by atoms with Gasteiger partial charge in [-0.15, -0.1) is 0 Å². The van der Waals surface area contributed by atoms with Crippen molar-refractivity contribution in [1.82, 2.24) is 14.5 Å². The van der Waals surface area contributed by atoms with E-state index in [4.69, 9.17) is 9.47 Å². The van der Waals surface area contributed by atoms with E-state index in [9.17, 15) is 23.2 Å². The van der Waals surface area contributed by atoms with Crippen LogP contribution in [0.1, 0.15) is 31.1 Å².